The Morgan fingerprint density at radius 2 is 2.17 bits per heavy atom. The van der Waals surface area contributed by atoms with Crippen molar-refractivity contribution in [2.45, 2.75) is 12.8 Å². The minimum atomic E-state index is -0.0134. The number of rotatable bonds is 3. The summed E-state index contributed by atoms with van der Waals surface area (Å²) in [5.74, 6) is 0.597. The van der Waals surface area contributed by atoms with Crippen LogP contribution in [0.1, 0.15) is 23.2 Å². The molecule has 1 aliphatic rings. The zero-order chi connectivity index (χ0) is 13.0. The van der Waals surface area contributed by atoms with Crippen molar-refractivity contribution in [2.75, 3.05) is 26.8 Å². The molecule has 0 bridgehead atoms. The van der Waals surface area contributed by atoms with Crippen LogP contribution in [0.4, 0.5) is 0 Å². The third kappa shape index (κ3) is 3.23. The van der Waals surface area contributed by atoms with Gasteiger partial charge in [-0.05, 0) is 43.0 Å². The van der Waals surface area contributed by atoms with Gasteiger partial charge in [0.15, 0.2) is 0 Å². The second kappa shape index (κ2) is 5.87. The van der Waals surface area contributed by atoms with Gasteiger partial charge in [-0.15, -0.1) is 0 Å². The molecule has 1 unspecified atom stereocenters. The van der Waals surface area contributed by atoms with Gasteiger partial charge in [-0.25, -0.2) is 0 Å². The lowest BCUT2D eigenvalue weighted by Gasteiger charge is -2.27. The van der Waals surface area contributed by atoms with Gasteiger partial charge in [0, 0.05) is 25.8 Å². The van der Waals surface area contributed by atoms with Gasteiger partial charge < -0.3 is 14.7 Å². The molecule has 1 saturated heterocycles. The molecular formula is C14H19NO3. The van der Waals surface area contributed by atoms with Gasteiger partial charge in [0.1, 0.15) is 5.75 Å². The van der Waals surface area contributed by atoms with Gasteiger partial charge in [-0.2, -0.15) is 0 Å². The normalized spacial score (nSPS) is 19.5. The average molecular weight is 249 g/mol. The van der Waals surface area contributed by atoms with Crippen LogP contribution in [0.2, 0.25) is 0 Å². The molecule has 18 heavy (non-hydrogen) atoms. The number of carbonyl (C=O) groups is 1. The molecule has 0 radical (unpaired) electrons. The molecule has 1 aromatic carbocycles. The molecule has 98 valence electrons. The highest BCUT2D eigenvalue weighted by atomic mass is 16.5. The van der Waals surface area contributed by atoms with Crippen molar-refractivity contribution in [3.05, 3.63) is 29.8 Å². The van der Waals surface area contributed by atoms with E-state index in [0.717, 1.165) is 32.6 Å². The average Bonchev–Trinajstić information content (AvgIpc) is 2.40. The van der Waals surface area contributed by atoms with Crippen LogP contribution in [0.5, 0.6) is 5.75 Å². The van der Waals surface area contributed by atoms with Crippen LogP contribution in [-0.4, -0.2) is 42.7 Å². The molecule has 1 N–H and O–H groups in total. The summed E-state index contributed by atoms with van der Waals surface area (Å²) in [6.45, 7) is 2.30. The third-order valence-corrected chi connectivity index (χ3v) is 3.25. The number of hydrogen-bond acceptors (Lipinski definition) is 3. The Morgan fingerprint density at radius 3 is 2.78 bits per heavy atom. The molecule has 0 aromatic heterocycles. The molecule has 0 spiro atoms. The number of ether oxygens (including phenoxy) is 1. The maximum Gasteiger partial charge on any atom is 0.253 e. The maximum atomic E-state index is 12.1. The minimum Gasteiger partial charge on any atom is -0.508 e. The maximum absolute atomic E-state index is 12.1. The number of nitrogens with zero attached hydrogens (tertiary/aromatic N) is 1. The van der Waals surface area contributed by atoms with Crippen molar-refractivity contribution >= 4 is 5.91 Å². The van der Waals surface area contributed by atoms with Gasteiger partial charge in [-0.1, -0.05) is 0 Å². The van der Waals surface area contributed by atoms with Crippen LogP contribution in [0, 0.1) is 5.92 Å². The van der Waals surface area contributed by atoms with E-state index in [0.29, 0.717) is 11.5 Å². The zero-order valence-corrected chi connectivity index (χ0v) is 10.6. The lowest BCUT2D eigenvalue weighted by atomic mass is 10.0. The van der Waals surface area contributed by atoms with E-state index in [9.17, 15) is 9.90 Å². The Labute approximate surface area is 107 Å². The molecule has 4 nitrogen and oxygen atoms in total. The molecular weight excluding hydrogens is 230 g/mol. The molecule has 1 heterocycles. The van der Waals surface area contributed by atoms with Crippen molar-refractivity contribution in [3.8, 4) is 5.75 Å². The zero-order valence-electron chi connectivity index (χ0n) is 10.6. The number of phenols is 1. The predicted molar refractivity (Wildman–Crippen MR) is 68.6 cm³/mol. The van der Waals surface area contributed by atoms with Gasteiger partial charge in [0.25, 0.3) is 5.91 Å². The highest BCUT2D eigenvalue weighted by Gasteiger charge is 2.19. The van der Waals surface area contributed by atoms with Crippen LogP contribution in [0.25, 0.3) is 0 Å². The minimum absolute atomic E-state index is 0.0134. The van der Waals surface area contributed by atoms with Crippen molar-refractivity contribution in [1.82, 2.24) is 4.90 Å². The number of benzene rings is 1. The number of carbonyl (C=O) groups excluding carboxylic acids is 1. The summed E-state index contributed by atoms with van der Waals surface area (Å²) in [6, 6.07) is 6.35. The number of aromatic hydroxyl groups is 1. The topological polar surface area (TPSA) is 49.8 Å². The van der Waals surface area contributed by atoms with Crippen LogP contribution < -0.4 is 0 Å². The Balaban J connectivity index is 1.93. The summed E-state index contributed by atoms with van der Waals surface area (Å²) in [5.41, 5.74) is 0.604. The summed E-state index contributed by atoms with van der Waals surface area (Å²) in [5, 5.41) is 9.20. The second-order valence-electron chi connectivity index (χ2n) is 4.82. The fraction of sp³-hybridized carbons (Fsp3) is 0.500. The van der Waals surface area contributed by atoms with Crippen LogP contribution >= 0.6 is 0 Å². The van der Waals surface area contributed by atoms with Crippen LogP contribution in [0.3, 0.4) is 0 Å². The summed E-state index contributed by atoms with van der Waals surface area (Å²) in [4.78, 5) is 13.9. The molecule has 4 heteroatoms. The smallest absolute Gasteiger partial charge is 0.253 e. The Hall–Kier alpha value is -1.55. The number of phenolic OH excluding ortho intramolecular Hbond substituents is 1. The van der Waals surface area contributed by atoms with E-state index in [1.807, 2.05) is 7.05 Å². The number of amides is 1. The van der Waals surface area contributed by atoms with E-state index in [1.54, 1.807) is 17.0 Å². The summed E-state index contributed by atoms with van der Waals surface area (Å²) < 4.78 is 5.41. The fourth-order valence-corrected chi connectivity index (χ4v) is 2.25. The predicted octanol–water partition coefficient (Wildman–Crippen LogP) is 1.89. The molecule has 1 aromatic rings. The van der Waals surface area contributed by atoms with E-state index in [1.165, 1.54) is 12.1 Å². The molecule has 1 fully saturated rings. The van der Waals surface area contributed by atoms with E-state index in [2.05, 4.69) is 0 Å². The van der Waals surface area contributed by atoms with E-state index in [4.69, 9.17) is 4.74 Å². The molecule has 1 atom stereocenters. The van der Waals surface area contributed by atoms with E-state index in [-0.39, 0.29) is 11.7 Å². The van der Waals surface area contributed by atoms with E-state index >= 15 is 0 Å². The fourth-order valence-electron chi connectivity index (χ4n) is 2.25. The molecule has 1 amide bonds. The standard InChI is InChI=1S/C14H19NO3/c1-15(9-11-3-2-8-18-10-11)14(17)12-4-6-13(16)7-5-12/h4-7,11,16H,2-3,8-10H2,1H3. The van der Waals surface area contributed by atoms with Crippen molar-refractivity contribution in [1.29, 1.82) is 0 Å². The Kier molecular flexibility index (Phi) is 4.20. The second-order valence-corrected chi connectivity index (χ2v) is 4.82. The number of hydrogen-bond donors (Lipinski definition) is 1. The quantitative estimate of drug-likeness (QED) is 0.890. The summed E-state index contributed by atoms with van der Waals surface area (Å²) in [6.07, 6.45) is 2.19. The first kappa shape index (κ1) is 12.9. The molecule has 2 rings (SSSR count). The lowest BCUT2D eigenvalue weighted by Crippen LogP contribution is -2.35. The highest BCUT2D eigenvalue weighted by Crippen LogP contribution is 2.16. The Bertz CT molecular complexity index is 396. The first-order chi connectivity index (χ1) is 8.66. The van der Waals surface area contributed by atoms with Crippen molar-refractivity contribution in [3.63, 3.8) is 0 Å². The first-order valence-corrected chi connectivity index (χ1v) is 6.29. The third-order valence-electron chi connectivity index (χ3n) is 3.25. The van der Waals surface area contributed by atoms with Crippen LogP contribution in [-0.2, 0) is 4.74 Å². The van der Waals surface area contributed by atoms with Crippen LogP contribution in [0.15, 0.2) is 24.3 Å². The molecule has 1 aliphatic heterocycles. The molecule has 0 saturated carbocycles. The van der Waals surface area contributed by atoms with Gasteiger partial charge >= 0.3 is 0 Å². The monoisotopic (exact) mass is 249 g/mol. The first-order valence-electron chi connectivity index (χ1n) is 6.29. The SMILES string of the molecule is CN(CC1CCCOC1)C(=O)c1ccc(O)cc1. The van der Waals surface area contributed by atoms with Gasteiger partial charge in [-0.3, -0.25) is 4.79 Å². The lowest BCUT2D eigenvalue weighted by molar-refractivity contribution is 0.0388. The van der Waals surface area contributed by atoms with Gasteiger partial charge in [0.2, 0.25) is 0 Å². The van der Waals surface area contributed by atoms with Crippen molar-refractivity contribution in [2.24, 2.45) is 5.92 Å². The molecule has 0 aliphatic carbocycles. The van der Waals surface area contributed by atoms with E-state index < -0.39 is 0 Å². The summed E-state index contributed by atoms with van der Waals surface area (Å²) >= 11 is 0. The Morgan fingerprint density at radius 1 is 1.44 bits per heavy atom. The van der Waals surface area contributed by atoms with Crippen molar-refractivity contribution < 1.29 is 14.6 Å². The van der Waals surface area contributed by atoms with Gasteiger partial charge in [0.05, 0.1) is 6.61 Å². The largest absolute Gasteiger partial charge is 0.508 e. The summed E-state index contributed by atoms with van der Waals surface area (Å²) in [7, 11) is 1.81. The highest BCUT2D eigenvalue weighted by molar-refractivity contribution is 5.94.